The van der Waals surface area contributed by atoms with Gasteiger partial charge in [0.25, 0.3) is 0 Å². The van der Waals surface area contributed by atoms with Gasteiger partial charge in [-0.25, -0.2) is 14.0 Å². The molecule has 0 bridgehead atoms. The Balaban J connectivity index is 2.75. The highest BCUT2D eigenvalue weighted by Gasteiger charge is 2.19. The van der Waals surface area contributed by atoms with E-state index in [1.165, 1.54) is 12.1 Å². The number of benzene rings is 1. The van der Waals surface area contributed by atoms with Crippen LogP contribution in [-0.4, -0.2) is 23.1 Å². The fourth-order valence-electron chi connectivity index (χ4n) is 1.24. The number of amides is 2. The van der Waals surface area contributed by atoms with Gasteiger partial charge >= 0.3 is 12.0 Å². The minimum absolute atomic E-state index is 0.000949. The van der Waals surface area contributed by atoms with Crippen molar-refractivity contribution < 1.29 is 19.1 Å². The summed E-state index contributed by atoms with van der Waals surface area (Å²) >= 11 is 5.70. The summed E-state index contributed by atoms with van der Waals surface area (Å²) in [4.78, 5) is 22.3. The summed E-state index contributed by atoms with van der Waals surface area (Å²) in [6, 6.07) is 1.71. The lowest BCUT2D eigenvalue weighted by molar-refractivity contribution is -0.139. The number of aliphatic carboxylic acids is 1. The number of terminal acetylenes is 1. The standard InChI is InChI=1S/C12H10ClFN2O3/c1-2-4-9(11(17)18)15-12(19)16-10-7(13)5-3-6-8(10)14/h1,3,5-6,9H,4H2,(H,17,18)(H2,15,16,19). The Labute approximate surface area is 113 Å². The molecular weight excluding hydrogens is 275 g/mol. The van der Waals surface area contributed by atoms with Crippen LogP contribution in [0.4, 0.5) is 14.9 Å². The molecule has 0 fully saturated rings. The number of halogens is 2. The third kappa shape index (κ3) is 4.16. The molecule has 1 aromatic rings. The van der Waals surface area contributed by atoms with E-state index < -0.39 is 23.9 Å². The highest BCUT2D eigenvalue weighted by molar-refractivity contribution is 6.33. The Kier molecular flexibility index (Phi) is 5.15. The van der Waals surface area contributed by atoms with Crippen LogP contribution in [0.2, 0.25) is 5.02 Å². The molecule has 3 N–H and O–H groups in total. The van der Waals surface area contributed by atoms with E-state index in [0.717, 1.165) is 6.07 Å². The van der Waals surface area contributed by atoms with Gasteiger partial charge in [0, 0.05) is 6.42 Å². The molecule has 0 saturated carbocycles. The summed E-state index contributed by atoms with van der Waals surface area (Å²) < 4.78 is 13.4. The van der Waals surface area contributed by atoms with Gasteiger partial charge in [0.15, 0.2) is 0 Å². The van der Waals surface area contributed by atoms with E-state index in [9.17, 15) is 14.0 Å². The molecule has 0 heterocycles. The van der Waals surface area contributed by atoms with Gasteiger partial charge in [0.05, 0.1) is 10.7 Å². The van der Waals surface area contributed by atoms with Crippen molar-refractivity contribution in [1.29, 1.82) is 0 Å². The van der Waals surface area contributed by atoms with Crippen LogP contribution in [0, 0.1) is 18.2 Å². The molecule has 19 heavy (non-hydrogen) atoms. The van der Waals surface area contributed by atoms with Gasteiger partial charge in [-0.15, -0.1) is 12.3 Å². The van der Waals surface area contributed by atoms with Crippen molar-refractivity contribution in [1.82, 2.24) is 5.32 Å². The highest BCUT2D eigenvalue weighted by Crippen LogP contribution is 2.24. The van der Waals surface area contributed by atoms with E-state index in [1.54, 1.807) is 0 Å². The number of hydrogen-bond donors (Lipinski definition) is 3. The fraction of sp³-hybridized carbons (Fsp3) is 0.167. The number of nitrogens with one attached hydrogen (secondary N) is 2. The van der Waals surface area contributed by atoms with Crippen LogP contribution in [0.15, 0.2) is 18.2 Å². The normalized spacial score (nSPS) is 11.2. The number of anilines is 1. The van der Waals surface area contributed by atoms with Gasteiger partial charge in [0.1, 0.15) is 11.9 Å². The van der Waals surface area contributed by atoms with E-state index >= 15 is 0 Å². The van der Waals surface area contributed by atoms with Crippen molar-refractivity contribution in [2.24, 2.45) is 0 Å². The minimum atomic E-state index is -1.28. The minimum Gasteiger partial charge on any atom is -0.480 e. The SMILES string of the molecule is C#CCC(NC(=O)Nc1c(F)cccc1Cl)C(=O)O. The number of carboxylic acids is 1. The van der Waals surface area contributed by atoms with E-state index in [0.29, 0.717) is 0 Å². The first kappa shape index (κ1) is 14.8. The second kappa shape index (κ2) is 6.61. The largest absolute Gasteiger partial charge is 0.480 e. The van der Waals surface area contributed by atoms with Crippen LogP contribution in [0.25, 0.3) is 0 Å². The molecule has 0 aliphatic heterocycles. The summed E-state index contributed by atoms with van der Waals surface area (Å²) in [5, 5.41) is 13.0. The first-order valence-electron chi connectivity index (χ1n) is 5.13. The Morgan fingerprint density at radius 1 is 1.53 bits per heavy atom. The predicted octanol–water partition coefficient (Wildman–Crippen LogP) is 2.08. The quantitative estimate of drug-likeness (QED) is 0.741. The van der Waals surface area contributed by atoms with Crippen molar-refractivity contribution in [3.63, 3.8) is 0 Å². The summed E-state index contributed by atoms with van der Waals surface area (Å²) in [6.45, 7) is 0. The van der Waals surface area contributed by atoms with Crippen LogP contribution in [0.5, 0.6) is 0 Å². The molecule has 1 atom stereocenters. The molecule has 2 amide bonds. The van der Waals surface area contributed by atoms with Gasteiger partial charge in [0.2, 0.25) is 0 Å². The topological polar surface area (TPSA) is 78.4 Å². The lowest BCUT2D eigenvalue weighted by atomic mass is 10.2. The monoisotopic (exact) mass is 284 g/mol. The van der Waals surface area contributed by atoms with Crippen molar-refractivity contribution in [2.45, 2.75) is 12.5 Å². The van der Waals surface area contributed by atoms with Crippen LogP contribution >= 0.6 is 11.6 Å². The maximum atomic E-state index is 13.4. The van der Waals surface area contributed by atoms with Gasteiger partial charge < -0.3 is 15.7 Å². The van der Waals surface area contributed by atoms with Crippen molar-refractivity contribution in [2.75, 3.05) is 5.32 Å². The summed E-state index contributed by atoms with van der Waals surface area (Å²) in [5.41, 5.74) is -0.230. The third-order valence-electron chi connectivity index (χ3n) is 2.13. The number of urea groups is 1. The Bertz CT molecular complexity index is 522. The average molecular weight is 285 g/mol. The highest BCUT2D eigenvalue weighted by atomic mass is 35.5. The lowest BCUT2D eigenvalue weighted by Crippen LogP contribution is -2.42. The summed E-state index contributed by atoms with van der Waals surface area (Å²) in [7, 11) is 0. The second-order valence-electron chi connectivity index (χ2n) is 3.49. The van der Waals surface area contributed by atoms with E-state index in [1.807, 2.05) is 0 Å². The zero-order chi connectivity index (χ0) is 14.4. The van der Waals surface area contributed by atoms with E-state index in [2.05, 4.69) is 16.6 Å². The molecule has 1 aromatic carbocycles. The Morgan fingerprint density at radius 2 is 2.21 bits per heavy atom. The van der Waals surface area contributed by atoms with Crippen LogP contribution in [-0.2, 0) is 4.79 Å². The van der Waals surface area contributed by atoms with Crippen LogP contribution in [0.1, 0.15) is 6.42 Å². The fourth-order valence-corrected chi connectivity index (χ4v) is 1.45. The van der Waals surface area contributed by atoms with Crippen LogP contribution in [0.3, 0.4) is 0 Å². The molecule has 1 rings (SSSR count). The zero-order valence-electron chi connectivity index (χ0n) is 9.61. The van der Waals surface area contributed by atoms with Gasteiger partial charge in [-0.3, -0.25) is 0 Å². The first-order valence-corrected chi connectivity index (χ1v) is 5.51. The number of carbonyl (C=O) groups is 2. The molecule has 0 spiro atoms. The predicted molar refractivity (Wildman–Crippen MR) is 68.4 cm³/mol. The van der Waals surface area contributed by atoms with E-state index in [-0.39, 0.29) is 17.1 Å². The number of para-hydroxylation sites is 1. The Morgan fingerprint density at radius 3 is 2.74 bits per heavy atom. The first-order chi connectivity index (χ1) is 8.95. The summed E-state index contributed by atoms with van der Waals surface area (Å²) in [5.74, 6) is 0.103. The molecule has 100 valence electrons. The van der Waals surface area contributed by atoms with Gasteiger partial charge in [-0.2, -0.15) is 0 Å². The number of carbonyl (C=O) groups excluding carboxylic acids is 1. The maximum absolute atomic E-state index is 13.4. The number of carboxylic acid groups (broad SMARTS) is 1. The van der Waals surface area contributed by atoms with Gasteiger partial charge in [-0.05, 0) is 12.1 Å². The van der Waals surface area contributed by atoms with Crippen molar-refractivity contribution in [3.8, 4) is 12.3 Å². The van der Waals surface area contributed by atoms with Crippen molar-refractivity contribution in [3.05, 3.63) is 29.0 Å². The summed E-state index contributed by atoms with van der Waals surface area (Å²) in [6.07, 6.45) is 4.79. The maximum Gasteiger partial charge on any atom is 0.327 e. The molecule has 5 nitrogen and oxygen atoms in total. The average Bonchev–Trinajstić information content (AvgIpc) is 2.33. The second-order valence-corrected chi connectivity index (χ2v) is 3.90. The molecule has 1 unspecified atom stereocenters. The van der Waals surface area contributed by atoms with Gasteiger partial charge in [-0.1, -0.05) is 17.7 Å². The smallest absolute Gasteiger partial charge is 0.327 e. The van der Waals surface area contributed by atoms with Crippen LogP contribution < -0.4 is 10.6 Å². The number of hydrogen-bond acceptors (Lipinski definition) is 2. The molecule has 0 aliphatic carbocycles. The molecule has 0 aliphatic rings. The molecule has 7 heteroatoms. The third-order valence-corrected chi connectivity index (χ3v) is 2.44. The number of rotatable bonds is 4. The molecule has 0 aromatic heterocycles. The molecule has 0 saturated heterocycles. The lowest BCUT2D eigenvalue weighted by Gasteiger charge is -2.13. The molecular formula is C12H10ClFN2O3. The van der Waals surface area contributed by atoms with Crippen molar-refractivity contribution >= 4 is 29.3 Å². The Hall–Kier alpha value is -2.26. The molecule has 0 radical (unpaired) electrons. The van der Waals surface area contributed by atoms with E-state index in [4.69, 9.17) is 23.1 Å². The zero-order valence-corrected chi connectivity index (χ0v) is 10.4.